The Labute approximate surface area is 164 Å². The molecule has 0 saturated carbocycles. The Bertz CT molecular complexity index is 1100. The van der Waals surface area contributed by atoms with Crippen molar-refractivity contribution < 1.29 is 22.3 Å². The van der Waals surface area contributed by atoms with Crippen LogP contribution in [0.5, 0.6) is 11.5 Å². The maximum Gasteiger partial charge on any atom is 0.268 e. The Hall–Kier alpha value is -2.71. The molecule has 0 aliphatic carbocycles. The zero-order valence-electron chi connectivity index (χ0n) is 13.7. The molecular formula is C19H13BrFNO4S. The topological polar surface area (TPSA) is 72.5 Å². The van der Waals surface area contributed by atoms with Crippen LogP contribution in [0.4, 0.5) is 4.39 Å². The molecule has 8 heteroatoms. The van der Waals surface area contributed by atoms with Gasteiger partial charge in [0.15, 0.2) is 0 Å². The Morgan fingerprint density at radius 3 is 2.44 bits per heavy atom. The van der Waals surface area contributed by atoms with Crippen LogP contribution < -0.4 is 9.46 Å². The molecule has 0 aromatic heterocycles. The minimum atomic E-state index is -4.07. The third-order valence-electron chi connectivity index (χ3n) is 3.49. The van der Waals surface area contributed by atoms with Crippen LogP contribution in [0.25, 0.3) is 0 Å². The van der Waals surface area contributed by atoms with Gasteiger partial charge in [-0.3, -0.25) is 4.79 Å². The number of nitrogens with one attached hydrogen (secondary N) is 1. The average molecular weight is 450 g/mol. The number of halogens is 2. The maximum atomic E-state index is 13.3. The van der Waals surface area contributed by atoms with Crippen LogP contribution in [0.2, 0.25) is 0 Å². The predicted molar refractivity (Wildman–Crippen MR) is 102 cm³/mol. The van der Waals surface area contributed by atoms with Crippen molar-refractivity contribution in [3.8, 4) is 11.5 Å². The lowest BCUT2D eigenvalue weighted by atomic mass is 10.2. The second-order valence-electron chi connectivity index (χ2n) is 5.45. The molecule has 0 aliphatic rings. The van der Waals surface area contributed by atoms with Gasteiger partial charge >= 0.3 is 0 Å². The van der Waals surface area contributed by atoms with E-state index in [1.807, 2.05) is 4.72 Å². The molecule has 0 spiro atoms. The lowest BCUT2D eigenvalue weighted by Gasteiger charge is -2.12. The number of sulfonamides is 1. The predicted octanol–water partition coefficient (Wildman–Crippen LogP) is 4.50. The standard InChI is InChI=1S/C19H13BrFNO4S/c20-13-5-3-8-16(11-13)27(24,25)22-19(23)17-9-1-2-10-18(17)26-15-7-4-6-14(21)12-15/h1-12H,(H,22,23). The first-order valence-electron chi connectivity index (χ1n) is 7.70. The Kier molecular flexibility index (Phi) is 5.57. The first-order valence-corrected chi connectivity index (χ1v) is 9.98. The van der Waals surface area contributed by atoms with E-state index in [1.54, 1.807) is 24.3 Å². The summed E-state index contributed by atoms with van der Waals surface area (Å²) in [5, 5.41) is 0. The van der Waals surface area contributed by atoms with Crippen molar-refractivity contribution in [2.24, 2.45) is 0 Å². The van der Waals surface area contributed by atoms with Crippen molar-refractivity contribution >= 4 is 31.9 Å². The second-order valence-corrected chi connectivity index (χ2v) is 8.05. The summed E-state index contributed by atoms with van der Waals surface area (Å²) in [5.41, 5.74) is 0.000308. The van der Waals surface area contributed by atoms with Gasteiger partial charge in [0.1, 0.15) is 17.3 Å². The summed E-state index contributed by atoms with van der Waals surface area (Å²) in [7, 11) is -4.07. The highest BCUT2D eigenvalue weighted by molar-refractivity contribution is 9.10. The van der Waals surface area contributed by atoms with Crippen molar-refractivity contribution in [3.05, 3.63) is 88.6 Å². The lowest BCUT2D eigenvalue weighted by molar-refractivity contribution is 0.0979. The van der Waals surface area contributed by atoms with Crippen molar-refractivity contribution in [1.82, 2.24) is 4.72 Å². The van der Waals surface area contributed by atoms with Gasteiger partial charge in [0.25, 0.3) is 15.9 Å². The van der Waals surface area contributed by atoms with Gasteiger partial charge < -0.3 is 4.74 Å². The summed E-state index contributed by atoms with van der Waals surface area (Å²) in [6.45, 7) is 0. The first kappa shape index (κ1) is 19.1. The van der Waals surface area contributed by atoms with Crippen LogP contribution in [0, 0.1) is 5.82 Å². The number of hydrogen-bond acceptors (Lipinski definition) is 4. The van der Waals surface area contributed by atoms with Gasteiger partial charge in [-0.25, -0.2) is 17.5 Å². The molecule has 0 atom stereocenters. The van der Waals surface area contributed by atoms with Gasteiger partial charge in [-0.05, 0) is 42.5 Å². The molecule has 0 fully saturated rings. The summed E-state index contributed by atoms with van der Waals surface area (Å²) >= 11 is 3.19. The number of carbonyl (C=O) groups is 1. The van der Waals surface area contributed by atoms with E-state index >= 15 is 0 Å². The van der Waals surface area contributed by atoms with Crippen LogP contribution >= 0.6 is 15.9 Å². The zero-order valence-corrected chi connectivity index (χ0v) is 16.1. The van der Waals surface area contributed by atoms with E-state index in [9.17, 15) is 17.6 Å². The molecule has 3 rings (SSSR count). The highest BCUT2D eigenvalue weighted by atomic mass is 79.9. The fraction of sp³-hybridized carbons (Fsp3) is 0. The number of rotatable bonds is 5. The Morgan fingerprint density at radius 1 is 0.963 bits per heavy atom. The molecule has 1 amide bonds. The number of hydrogen-bond donors (Lipinski definition) is 1. The molecule has 0 unspecified atom stereocenters. The third kappa shape index (κ3) is 4.72. The SMILES string of the molecule is O=C(NS(=O)(=O)c1cccc(Br)c1)c1ccccc1Oc1cccc(F)c1. The summed E-state index contributed by atoms with van der Waals surface area (Å²) in [6, 6.07) is 17.5. The number of benzene rings is 3. The monoisotopic (exact) mass is 449 g/mol. The normalized spacial score (nSPS) is 11.0. The Balaban J connectivity index is 1.87. The first-order chi connectivity index (χ1) is 12.8. The van der Waals surface area contributed by atoms with Gasteiger partial charge in [-0.15, -0.1) is 0 Å². The van der Waals surface area contributed by atoms with E-state index in [0.29, 0.717) is 4.47 Å². The lowest BCUT2D eigenvalue weighted by Crippen LogP contribution is -2.30. The van der Waals surface area contributed by atoms with E-state index in [0.717, 1.165) is 6.07 Å². The minimum absolute atomic E-state index is 0.000308. The largest absolute Gasteiger partial charge is 0.456 e. The summed E-state index contributed by atoms with van der Waals surface area (Å²) in [5.74, 6) is -1.07. The van der Waals surface area contributed by atoms with E-state index < -0.39 is 21.7 Å². The fourth-order valence-electron chi connectivity index (χ4n) is 2.27. The molecule has 0 radical (unpaired) electrons. The van der Waals surface area contributed by atoms with Crippen LogP contribution in [-0.4, -0.2) is 14.3 Å². The quantitative estimate of drug-likeness (QED) is 0.622. The number of para-hydroxylation sites is 1. The smallest absolute Gasteiger partial charge is 0.268 e. The molecule has 0 bridgehead atoms. The number of amides is 1. The molecule has 138 valence electrons. The molecule has 0 heterocycles. The average Bonchev–Trinajstić information content (AvgIpc) is 2.62. The molecular weight excluding hydrogens is 437 g/mol. The van der Waals surface area contributed by atoms with Gasteiger partial charge in [0.05, 0.1) is 10.5 Å². The van der Waals surface area contributed by atoms with Crippen LogP contribution in [0.15, 0.2) is 82.2 Å². The van der Waals surface area contributed by atoms with Gasteiger partial charge in [-0.1, -0.05) is 40.2 Å². The van der Waals surface area contributed by atoms with Gasteiger partial charge in [-0.2, -0.15) is 0 Å². The summed E-state index contributed by atoms with van der Waals surface area (Å²) < 4.78 is 46.3. The third-order valence-corrected chi connectivity index (χ3v) is 5.31. The maximum absolute atomic E-state index is 13.3. The molecule has 0 aliphatic heterocycles. The zero-order chi connectivity index (χ0) is 19.4. The van der Waals surface area contributed by atoms with E-state index in [1.165, 1.54) is 42.5 Å². The molecule has 5 nitrogen and oxygen atoms in total. The van der Waals surface area contributed by atoms with Crippen molar-refractivity contribution in [1.29, 1.82) is 0 Å². The molecule has 1 N–H and O–H groups in total. The molecule has 0 saturated heterocycles. The number of ether oxygens (including phenoxy) is 1. The molecule has 27 heavy (non-hydrogen) atoms. The number of carbonyl (C=O) groups excluding carboxylic acids is 1. The van der Waals surface area contributed by atoms with Gasteiger partial charge in [0, 0.05) is 10.5 Å². The van der Waals surface area contributed by atoms with E-state index in [2.05, 4.69) is 15.9 Å². The highest BCUT2D eigenvalue weighted by Crippen LogP contribution is 2.26. The molecule has 3 aromatic rings. The van der Waals surface area contributed by atoms with Crippen LogP contribution in [0.1, 0.15) is 10.4 Å². The van der Waals surface area contributed by atoms with Crippen LogP contribution in [-0.2, 0) is 10.0 Å². The van der Waals surface area contributed by atoms with E-state index in [4.69, 9.17) is 4.74 Å². The fourth-order valence-corrected chi connectivity index (χ4v) is 3.83. The minimum Gasteiger partial charge on any atom is -0.456 e. The van der Waals surface area contributed by atoms with Crippen molar-refractivity contribution in [3.63, 3.8) is 0 Å². The van der Waals surface area contributed by atoms with Gasteiger partial charge in [0.2, 0.25) is 0 Å². The second kappa shape index (κ2) is 7.89. The summed E-state index contributed by atoms with van der Waals surface area (Å²) in [4.78, 5) is 12.5. The van der Waals surface area contributed by atoms with Crippen LogP contribution in [0.3, 0.4) is 0 Å². The summed E-state index contributed by atoms with van der Waals surface area (Å²) in [6.07, 6.45) is 0. The molecule has 3 aromatic carbocycles. The Morgan fingerprint density at radius 2 is 1.70 bits per heavy atom. The van der Waals surface area contributed by atoms with Crippen molar-refractivity contribution in [2.45, 2.75) is 4.90 Å². The highest BCUT2D eigenvalue weighted by Gasteiger charge is 2.21. The van der Waals surface area contributed by atoms with E-state index in [-0.39, 0.29) is 22.0 Å². The van der Waals surface area contributed by atoms with Crippen molar-refractivity contribution in [2.75, 3.05) is 0 Å².